The highest BCUT2D eigenvalue weighted by molar-refractivity contribution is 6.33. The van der Waals surface area contributed by atoms with Crippen LogP contribution in [0.25, 0.3) is 22.0 Å². The Bertz CT molecular complexity index is 1140. The summed E-state index contributed by atoms with van der Waals surface area (Å²) >= 11 is 6.26. The van der Waals surface area contributed by atoms with Gasteiger partial charge in [-0.2, -0.15) is 9.94 Å². The number of nitrogens with one attached hydrogen (secondary N) is 2. The van der Waals surface area contributed by atoms with Gasteiger partial charge in [-0.3, -0.25) is 4.79 Å². The van der Waals surface area contributed by atoms with Crippen molar-refractivity contribution in [1.82, 2.24) is 15.1 Å². The van der Waals surface area contributed by atoms with E-state index in [0.29, 0.717) is 33.5 Å². The molecular formula is C23H24ClN5O3. The Balaban J connectivity index is 0.000000416. The molecule has 0 spiro atoms. The number of carbonyl (C=O) groups is 2. The largest absolute Gasteiger partial charge is 0.448 e. The number of nitriles is 1. The second-order valence-corrected chi connectivity index (χ2v) is 7.48. The van der Waals surface area contributed by atoms with Crippen molar-refractivity contribution in [1.29, 1.82) is 5.26 Å². The van der Waals surface area contributed by atoms with Crippen molar-refractivity contribution >= 4 is 40.8 Å². The lowest BCUT2D eigenvalue weighted by molar-refractivity contribution is -0.105. The molecule has 4 rings (SSSR count). The molecule has 9 heteroatoms. The van der Waals surface area contributed by atoms with Gasteiger partial charge in [0.1, 0.15) is 0 Å². The second kappa shape index (κ2) is 11.3. The fourth-order valence-corrected chi connectivity index (χ4v) is 3.62. The van der Waals surface area contributed by atoms with Crippen LogP contribution < -0.4 is 10.6 Å². The molecule has 1 saturated heterocycles. The number of carbonyl (C=O) groups excluding carboxylic acids is 2. The van der Waals surface area contributed by atoms with Crippen LogP contribution in [0.1, 0.15) is 31.7 Å². The lowest BCUT2D eigenvalue weighted by atomic mass is 10.0. The maximum absolute atomic E-state index is 12.1. The number of halogens is 1. The Labute approximate surface area is 191 Å². The first-order valence-electron chi connectivity index (χ1n) is 10.4. The normalized spacial score (nSPS) is 12.9. The van der Waals surface area contributed by atoms with Gasteiger partial charge in [0.2, 0.25) is 6.41 Å². The van der Waals surface area contributed by atoms with E-state index in [4.69, 9.17) is 21.6 Å². The summed E-state index contributed by atoms with van der Waals surface area (Å²) in [5.41, 5.74) is 2.33. The number of fused-ring (bicyclic) bond motifs is 1. The van der Waals surface area contributed by atoms with Crippen molar-refractivity contribution in [2.45, 2.75) is 26.2 Å². The topological polar surface area (TPSA) is 109 Å². The summed E-state index contributed by atoms with van der Waals surface area (Å²) in [4.78, 5) is 23.0. The average Bonchev–Trinajstić information content (AvgIpc) is 3.19. The molecule has 2 aromatic carbocycles. The predicted octanol–water partition coefficient (Wildman–Crippen LogP) is 4.56. The summed E-state index contributed by atoms with van der Waals surface area (Å²) in [6.45, 7) is 4.39. The van der Waals surface area contributed by atoms with E-state index in [-0.39, 0.29) is 12.4 Å². The third-order valence-electron chi connectivity index (χ3n) is 4.93. The molecular weight excluding hydrogens is 430 g/mol. The van der Waals surface area contributed by atoms with Crippen LogP contribution in [0.4, 0.5) is 10.6 Å². The number of aromatic nitrogens is 2. The third kappa shape index (κ3) is 5.44. The van der Waals surface area contributed by atoms with E-state index in [1.54, 1.807) is 43.3 Å². The number of nitrogens with zero attached hydrogens (tertiary/aromatic N) is 3. The predicted molar refractivity (Wildman–Crippen MR) is 124 cm³/mol. The number of anilines is 1. The summed E-state index contributed by atoms with van der Waals surface area (Å²) in [7, 11) is 0. The molecule has 1 aliphatic heterocycles. The lowest BCUT2D eigenvalue weighted by Crippen LogP contribution is -2.21. The molecule has 1 fully saturated rings. The summed E-state index contributed by atoms with van der Waals surface area (Å²) in [6.07, 6.45) is 4.05. The lowest BCUT2D eigenvalue weighted by Gasteiger charge is -2.08. The highest BCUT2D eigenvalue weighted by atomic mass is 35.5. The number of ether oxygens (including phenoxy) is 1. The molecule has 166 valence electrons. The molecule has 0 radical (unpaired) electrons. The maximum Gasteiger partial charge on any atom is 0.435 e. The Morgan fingerprint density at radius 3 is 2.66 bits per heavy atom. The minimum absolute atomic E-state index is 0.200. The van der Waals surface area contributed by atoms with Crippen LogP contribution >= 0.6 is 11.6 Å². The summed E-state index contributed by atoms with van der Waals surface area (Å²) in [5, 5.41) is 20.0. The molecule has 32 heavy (non-hydrogen) atoms. The molecule has 1 amide bonds. The van der Waals surface area contributed by atoms with Crippen molar-refractivity contribution in [3.05, 3.63) is 47.0 Å². The third-order valence-corrected chi connectivity index (χ3v) is 5.26. The Kier molecular flexibility index (Phi) is 8.20. The number of amides is 1. The maximum atomic E-state index is 12.1. The zero-order chi connectivity index (χ0) is 22.9. The minimum atomic E-state index is -0.645. The van der Waals surface area contributed by atoms with E-state index >= 15 is 0 Å². The molecule has 0 unspecified atom stereocenters. The van der Waals surface area contributed by atoms with Gasteiger partial charge in [-0.1, -0.05) is 24.1 Å². The fraction of sp³-hybridized carbons (Fsp3) is 0.304. The molecule has 0 atom stereocenters. The van der Waals surface area contributed by atoms with Crippen LogP contribution in [0.5, 0.6) is 0 Å². The van der Waals surface area contributed by atoms with Gasteiger partial charge in [-0.05, 0) is 68.8 Å². The van der Waals surface area contributed by atoms with Crippen LogP contribution in [-0.4, -0.2) is 42.0 Å². The van der Waals surface area contributed by atoms with E-state index in [1.807, 2.05) is 0 Å². The number of rotatable bonds is 4. The van der Waals surface area contributed by atoms with Crippen molar-refractivity contribution in [3.63, 3.8) is 0 Å². The van der Waals surface area contributed by atoms with Crippen LogP contribution in [-0.2, 0) is 9.53 Å². The highest BCUT2D eigenvalue weighted by Gasteiger charge is 2.17. The monoisotopic (exact) mass is 453 g/mol. The summed E-state index contributed by atoms with van der Waals surface area (Å²) < 4.78 is 6.07. The minimum Gasteiger partial charge on any atom is -0.448 e. The quantitative estimate of drug-likeness (QED) is 0.560. The van der Waals surface area contributed by atoms with Gasteiger partial charge in [0, 0.05) is 16.0 Å². The smallest absolute Gasteiger partial charge is 0.435 e. The molecule has 0 bridgehead atoms. The number of hydrogen-bond acceptors (Lipinski definition) is 6. The summed E-state index contributed by atoms with van der Waals surface area (Å²) in [6, 6.07) is 12.2. The van der Waals surface area contributed by atoms with E-state index in [1.165, 1.54) is 32.4 Å². The van der Waals surface area contributed by atoms with Crippen molar-refractivity contribution in [3.8, 4) is 17.2 Å². The Morgan fingerprint density at radius 2 is 2.06 bits per heavy atom. The van der Waals surface area contributed by atoms with Gasteiger partial charge in [-0.25, -0.2) is 4.79 Å². The molecule has 1 aliphatic rings. The SMILES string of the molecule is C1CCNCC1.CCOC(=O)n1nc(NC=O)c2cc(-c3cc(C#N)ccc3Cl)ccc21. The molecule has 8 nitrogen and oxygen atoms in total. The first-order valence-corrected chi connectivity index (χ1v) is 10.8. The molecule has 0 aliphatic carbocycles. The van der Waals surface area contributed by atoms with Gasteiger partial charge in [0.05, 0.1) is 23.8 Å². The molecule has 0 saturated carbocycles. The van der Waals surface area contributed by atoms with Crippen molar-refractivity contribution in [2.75, 3.05) is 25.0 Å². The van der Waals surface area contributed by atoms with E-state index in [9.17, 15) is 9.59 Å². The van der Waals surface area contributed by atoms with Gasteiger partial charge < -0.3 is 15.4 Å². The van der Waals surface area contributed by atoms with Gasteiger partial charge in [-0.15, -0.1) is 5.10 Å². The number of piperidine rings is 1. The van der Waals surface area contributed by atoms with E-state index < -0.39 is 6.09 Å². The Morgan fingerprint density at radius 1 is 1.28 bits per heavy atom. The standard InChI is InChI=1S/C18H13ClN4O3.C5H11N/c1-2-26-18(25)23-16-6-4-12(8-14(16)17(22-23)21-10-24)13-7-11(9-20)3-5-15(13)19;1-2-4-6-5-3-1/h3-8,10H,2H2,1H3,(H,21,22,24);6H,1-5H2. The molecule has 2 N–H and O–H groups in total. The van der Waals surface area contributed by atoms with Crippen molar-refractivity contribution in [2.24, 2.45) is 0 Å². The van der Waals surface area contributed by atoms with Crippen LogP contribution in [0.3, 0.4) is 0 Å². The van der Waals surface area contributed by atoms with Crippen LogP contribution in [0.15, 0.2) is 36.4 Å². The van der Waals surface area contributed by atoms with Gasteiger partial charge in [0.15, 0.2) is 5.82 Å². The van der Waals surface area contributed by atoms with Crippen molar-refractivity contribution < 1.29 is 14.3 Å². The van der Waals surface area contributed by atoms with Crippen LogP contribution in [0, 0.1) is 11.3 Å². The van der Waals surface area contributed by atoms with E-state index in [0.717, 1.165) is 10.2 Å². The first kappa shape index (κ1) is 23.3. The highest BCUT2D eigenvalue weighted by Crippen LogP contribution is 2.33. The molecule has 1 aromatic heterocycles. The first-order chi connectivity index (χ1) is 15.6. The molecule has 3 aromatic rings. The zero-order valence-corrected chi connectivity index (χ0v) is 18.5. The van der Waals surface area contributed by atoms with E-state index in [2.05, 4.69) is 21.8 Å². The molecule has 2 heterocycles. The number of hydrogen-bond donors (Lipinski definition) is 2. The van der Waals surface area contributed by atoms with Gasteiger partial charge in [0.25, 0.3) is 0 Å². The second-order valence-electron chi connectivity index (χ2n) is 7.07. The number of benzene rings is 2. The average molecular weight is 454 g/mol. The zero-order valence-electron chi connectivity index (χ0n) is 17.7. The Hall–Kier alpha value is -3.41. The van der Waals surface area contributed by atoms with Crippen LogP contribution in [0.2, 0.25) is 5.02 Å². The van der Waals surface area contributed by atoms with Gasteiger partial charge >= 0.3 is 6.09 Å². The fourth-order valence-electron chi connectivity index (χ4n) is 3.39. The summed E-state index contributed by atoms with van der Waals surface area (Å²) in [5.74, 6) is 0.220.